The van der Waals surface area contributed by atoms with E-state index in [4.69, 9.17) is 14.2 Å². The van der Waals surface area contributed by atoms with Crippen molar-refractivity contribution in [3.05, 3.63) is 82.8 Å². The number of benzene rings is 2. The number of hydrogen-bond donors (Lipinski definition) is 2. The van der Waals surface area contributed by atoms with Crippen molar-refractivity contribution >= 4 is 5.91 Å². The van der Waals surface area contributed by atoms with Crippen LogP contribution in [0, 0.1) is 6.92 Å². The number of carbonyl (C=O) groups is 1. The highest BCUT2D eigenvalue weighted by Gasteiger charge is 2.43. The van der Waals surface area contributed by atoms with Gasteiger partial charge in [-0.1, -0.05) is 17.7 Å². The molecule has 0 bridgehead atoms. The van der Waals surface area contributed by atoms with Gasteiger partial charge in [-0.15, -0.1) is 0 Å². The molecule has 2 N–H and O–H groups in total. The lowest BCUT2D eigenvalue weighted by Gasteiger charge is -2.27. The number of rotatable bonds is 7. The molecule has 9 nitrogen and oxygen atoms in total. The van der Waals surface area contributed by atoms with Gasteiger partial charge < -0.3 is 24.2 Å². The highest BCUT2D eigenvalue weighted by molar-refractivity contribution is 6.00. The van der Waals surface area contributed by atoms with Crippen molar-refractivity contribution < 1.29 is 24.1 Å². The van der Waals surface area contributed by atoms with Crippen molar-refractivity contribution in [1.82, 2.24) is 20.1 Å². The average molecular weight is 487 g/mol. The lowest BCUT2D eigenvalue weighted by Crippen LogP contribution is -2.29. The smallest absolute Gasteiger partial charge is 0.273 e. The second-order valence-electron chi connectivity index (χ2n) is 8.54. The van der Waals surface area contributed by atoms with E-state index in [0.717, 1.165) is 16.7 Å². The van der Waals surface area contributed by atoms with Gasteiger partial charge in [-0.2, -0.15) is 5.10 Å². The third-order valence-electron chi connectivity index (χ3n) is 6.35. The van der Waals surface area contributed by atoms with Gasteiger partial charge in [0, 0.05) is 30.1 Å². The Morgan fingerprint density at radius 3 is 2.44 bits per heavy atom. The molecule has 3 heterocycles. The summed E-state index contributed by atoms with van der Waals surface area (Å²) in [5.74, 6) is 1.26. The first kappa shape index (κ1) is 23.2. The average Bonchev–Trinajstić information content (AvgIpc) is 3.44. The molecule has 4 aromatic rings. The Bertz CT molecular complexity index is 1410. The van der Waals surface area contributed by atoms with Crippen LogP contribution in [0.5, 0.6) is 23.0 Å². The molecule has 0 aliphatic carbocycles. The Labute approximate surface area is 208 Å². The Balaban J connectivity index is 1.73. The number of hydrogen-bond acceptors (Lipinski definition) is 7. The lowest BCUT2D eigenvalue weighted by atomic mass is 9.94. The third kappa shape index (κ3) is 3.78. The summed E-state index contributed by atoms with van der Waals surface area (Å²) in [6.45, 7) is 2.25. The van der Waals surface area contributed by atoms with Gasteiger partial charge >= 0.3 is 0 Å². The zero-order valence-corrected chi connectivity index (χ0v) is 20.4. The summed E-state index contributed by atoms with van der Waals surface area (Å²) < 4.78 is 16.7. The molecule has 1 aliphatic heterocycles. The number of pyridine rings is 1. The van der Waals surface area contributed by atoms with E-state index >= 15 is 0 Å². The molecule has 1 amide bonds. The molecule has 0 fully saturated rings. The summed E-state index contributed by atoms with van der Waals surface area (Å²) in [6.07, 6.45) is 3.43. The van der Waals surface area contributed by atoms with E-state index in [2.05, 4.69) is 15.2 Å². The van der Waals surface area contributed by atoms with Gasteiger partial charge in [-0.25, -0.2) is 0 Å². The zero-order valence-electron chi connectivity index (χ0n) is 20.4. The van der Waals surface area contributed by atoms with E-state index < -0.39 is 6.04 Å². The monoisotopic (exact) mass is 486 g/mol. The number of methoxy groups -OCH3 is 3. The normalized spacial score (nSPS) is 14.6. The number of nitrogens with one attached hydrogen (secondary N) is 1. The van der Waals surface area contributed by atoms with Crippen LogP contribution in [-0.2, 0) is 6.54 Å². The summed E-state index contributed by atoms with van der Waals surface area (Å²) in [6, 6.07) is 12.2. The van der Waals surface area contributed by atoms with Crippen molar-refractivity contribution in [3.63, 3.8) is 0 Å². The molecule has 1 aliphatic rings. The second kappa shape index (κ2) is 9.26. The predicted octanol–water partition coefficient (Wildman–Crippen LogP) is 4.26. The minimum Gasteiger partial charge on any atom is -0.507 e. The Kier molecular flexibility index (Phi) is 5.97. The summed E-state index contributed by atoms with van der Waals surface area (Å²) in [5, 5.41) is 18.1. The fourth-order valence-corrected chi connectivity index (χ4v) is 4.70. The molecular formula is C27H26N4O5. The maximum Gasteiger partial charge on any atom is 0.273 e. The van der Waals surface area contributed by atoms with Crippen LogP contribution in [0.3, 0.4) is 0 Å². The van der Waals surface area contributed by atoms with Gasteiger partial charge in [0.15, 0.2) is 11.5 Å². The number of aromatic hydroxyl groups is 1. The first-order valence-corrected chi connectivity index (χ1v) is 11.3. The molecule has 0 saturated carbocycles. The van der Waals surface area contributed by atoms with Crippen LogP contribution >= 0.6 is 0 Å². The molecule has 0 saturated heterocycles. The molecule has 0 radical (unpaired) electrons. The number of carbonyl (C=O) groups excluding carboxylic acids is 1. The first-order chi connectivity index (χ1) is 17.5. The zero-order chi connectivity index (χ0) is 25.4. The number of phenols is 1. The van der Waals surface area contributed by atoms with Crippen LogP contribution in [0.1, 0.15) is 38.8 Å². The molecule has 5 rings (SSSR count). The van der Waals surface area contributed by atoms with Crippen LogP contribution < -0.4 is 14.2 Å². The number of nitrogens with zero attached hydrogens (tertiary/aromatic N) is 3. The molecule has 0 spiro atoms. The van der Waals surface area contributed by atoms with Gasteiger partial charge in [-0.3, -0.25) is 14.9 Å². The lowest BCUT2D eigenvalue weighted by molar-refractivity contribution is 0.0729. The molecule has 1 atom stereocenters. The molecule has 2 aromatic carbocycles. The highest BCUT2D eigenvalue weighted by Crippen LogP contribution is 2.48. The number of ether oxygens (including phenoxy) is 3. The Morgan fingerprint density at radius 1 is 1.06 bits per heavy atom. The maximum atomic E-state index is 13.7. The number of fused-ring (bicyclic) bond motifs is 1. The number of H-pyrrole nitrogens is 1. The number of amides is 1. The quantitative estimate of drug-likeness (QED) is 0.402. The molecule has 0 unspecified atom stereocenters. The predicted molar refractivity (Wildman–Crippen MR) is 132 cm³/mol. The minimum atomic E-state index is -0.546. The van der Waals surface area contributed by atoms with Crippen LogP contribution in [0.25, 0.3) is 11.3 Å². The summed E-state index contributed by atoms with van der Waals surface area (Å²) in [5.41, 5.74) is 4.66. The van der Waals surface area contributed by atoms with Gasteiger partial charge in [0.25, 0.3) is 5.91 Å². The van der Waals surface area contributed by atoms with Gasteiger partial charge in [0.1, 0.15) is 17.1 Å². The molecule has 36 heavy (non-hydrogen) atoms. The van der Waals surface area contributed by atoms with Crippen LogP contribution in [0.15, 0.2) is 54.9 Å². The number of aryl methyl sites for hydroxylation is 1. The van der Waals surface area contributed by atoms with E-state index in [9.17, 15) is 9.90 Å². The number of aromatic amines is 1. The highest BCUT2D eigenvalue weighted by atomic mass is 16.5. The van der Waals surface area contributed by atoms with Crippen molar-refractivity contribution in [1.29, 1.82) is 0 Å². The topological polar surface area (TPSA) is 110 Å². The van der Waals surface area contributed by atoms with E-state index in [-0.39, 0.29) is 11.7 Å². The number of aromatic nitrogens is 3. The number of phenolic OH excluding ortho intramolecular Hbond substituents is 1. The largest absolute Gasteiger partial charge is 0.507 e. The standard InChI is InChI=1S/C27H26N4O5/c1-15-7-8-19(32)18(10-15)23-22-24(30-29-23)27(33)31(14-16-6-5-9-28-13-16)25(22)17-11-20(34-2)26(36-4)21(12-17)35-3/h5-13,25,32H,14H2,1-4H3,(H,29,30)/t25-/m1/s1. The first-order valence-electron chi connectivity index (χ1n) is 11.3. The molecule has 2 aromatic heterocycles. The van der Waals surface area contributed by atoms with E-state index in [1.165, 1.54) is 0 Å². The molecular weight excluding hydrogens is 460 g/mol. The van der Waals surface area contributed by atoms with Gasteiger partial charge in [-0.05, 0) is 48.4 Å². The van der Waals surface area contributed by atoms with Crippen LogP contribution in [-0.4, -0.2) is 52.4 Å². The Hall–Kier alpha value is -4.53. The van der Waals surface area contributed by atoms with Gasteiger partial charge in [0.05, 0.1) is 27.4 Å². The summed E-state index contributed by atoms with van der Waals surface area (Å²) >= 11 is 0. The summed E-state index contributed by atoms with van der Waals surface area (Å²) in [7, 11) is 4.64. The van der Waals surface area contributed by atoms with E-state index in [0.29, 0.717) is 46.3 Å². The Morgan fingerprint density at radius 2 is 1.81 bits per heavy atom. The minimum absolute atomic E-state index is 0.0803. The maximum absolute atomic E-state index is 13.7. The molecule has 184 valence electrons. The molecule has 9 heteroatoms. The summed E-state index contributed by atoms with van der Waals surface area (Å²) in [4.78, 5) is 19.6. The van der Waals surface area contributed by atoms with Crippen molar-refractivity contribution in [3.8, 4) is 34.3 Å². The second-order valence-corrected chi connectivity index (χ2v) is 8.54. The van der Waals surface area contributed by atoms with Crippen molar-refractivity contribution in [2.75, 3.05) is 21.3 Å². The van der Waals surface area contributed by atoms with Gasteiger partial charge in [0.2, 0.25) is 5.75 Å². The van der Waals surface area contributed by atoms with Crippen LogP contribution in [0.4, 0.5) is 0 Å². The van der Waals surface area contributed by atoms with E-state index in [1.807, 2.05) is 43.3 Å². The van der Waals surface area contributed by atoms with E-state index in [1.54, 1.807) is 44.7 Å². The SMILES string of the molecule is COc1cc([C@@H]2c3c(-c4cc(C)ccc4O)n[nH]c3C(=O)N2Cc2cccnc2)cc(OC)c1OC. The fourth-order valence-electron chi connectivity index (χ4n) is 4.70. The third-order valence-corrected chi connectivity index (χ3v) is 6.35. The van der Waals surface area contributed by atoms with Crippen molar-refractivity contribution in [2.45, 2.75) is 19.5 Å². The fraction of sp³-hybridized carbons (Fsp3) is 0.222. The van der Waals surface area contributed by atoms with Crippen LogP contribution in [0.2, 0.25) is 0 Å². The van der Waals surface area contributed by atoms with Crippen molar-refractivity contribution in [2.24, 2.45) is 0 Å².